The quantitative estimate of drug-likeness (QED) is 0.712. The molecule has 2 aromatic rings. The summed E-state index contributed by atoms with van der Waals surface area (Å²) in [6.45, 7) is 6.71. The summed E-state index contributed by atoms with van der Waals surface area (Å²) < 4.78 is 0.863. The molecule has 140 valence electrons. The highest BCUT2D eigenvalue weighted by atomic mass is 16.4. The lowest BCUT2D eigenvalue weighted by Gasteiger charge is -2.25. The number of aliphatic carboxylic acids is 1. The van der Waals surface area contributed by atoms with Gasteiger partial charge in [-0.25, -0.2) is 14.2 Å². The van der Waals surface area contributed by atoms with E-state index in [0.717, 1.165) is 4.57 Å². The fourth-order valence-corrected chi connectivity index (χ4v) is 2.90. The summed E-state index contributed by atoms with van der Waals surface area (Å²) in [6, 6.07) is 4.28. The molecule has 1 aromatic heterocycles. The number of nitrogens with one attached hydrogen (secondary N) is 2. The minimum Gasteiger partial charge on any atom is -0.480 e. The van der Waals surface area contributed by atoms with Gasteiger partial charge in [0.05, 0.1) is 10.9 Å². The van der Waals surface area contributed by atoms with Crippen molar-refractivity contribution in [2.75, 3.05) is 0 Å². The van der Waals surface area contributed by atoms with Crippen molar-refractivity contribution in [3.63, 3.8) is 0 Å². The second-order valence-corrected chi connectivity index (χ2v) is 6.91. The number of hydrogen-bond donors (Lipinski definition) is 3. The number of fused-ring (bicyclic) bond motifs is 1. The zero-order chi connectivity index (χ0) is 19.6. The van der Waals surface area contributed by atoms with E-state index in [1.165, 1.54) is 0 Å². The summed E-state index contributed by atoms with van der Waals surface area (Å²) in [5, 5.41) is 12.0. The average Bonchev–Trinajstić information content (AvgIpc) is 2.55. The van der Waals surface area contributed by atoms with E-state index in [9.17, 15) is 24.3 Å². The highest BCUT2D eigenvalue weighted by Crippen LogP contribution is 2.17. The van der Waals surface area contributed by atoms with Crippen LogP contribution >= 0.6 is 0 Å². The van der Waals surface area contributed by atoms with Crippen molar-refractivity contribution in [2.24, 2.45) is 11.8 Å². The van der Waals surface area contributed by atoms with Gasteiger partial charge in [-0.1, -0.05) is 39.8 Å². The van der Waals surface area contributed by atoms with Crippen molar-refractivity contribution >= 4 is 22.8 Å². The Balaban J connectivity index is 2.56. The Hall–Kier alpha value is -2.90. The van der Waals surface area contributed by atoms with Crippen LogP contribution in [0.25, 0.3) is 10.9 Å². The Labute approximate surface area is 149 Å². The molecule has 8 heteroatoms. The molecule has 2 unspecified atom stereocenters. The summed E-state index contributed by atoms with van der Waals surface area (Å²) in [5.41, 5.74) is -0.916. The second kappa shape index (κ2) is 7.55. The lowest BCUT2D eigenvalue weighted by molar-refractivity contribution is -0.143. The van der Waals surface area contributed by atoms with E-state index in [1.807, 2.05) is 0 Å². The zero-order valence-corrected chi connectivity index (χ0v) is 15.1. The third kappa shape index (κ3) is 3.68. The first-order valence-corrected chi connectivity index (χ1v) is 8.41. The van der Waals surface area contributed by atoms with E-state index in [0.29, 0.717) is 5.52 Å². The number of benzene rings is 1. The van der Waals surface area contributed by atoms with Gasteiger partial charge in [-0.2, -0.15) is 0 Å². The number of aromatic amines is 1. The second-order valence-electron chi connectivity index (χ2n) is 6.91. The van der Waals surface area contributed by atoms with Gasteiger partial charge in [0.25, 0.3) is 5.56 Å². The van der Waals surface area contributed by atoms with Crippen LogP contribution in [0.1, 0.15) is 33.7 Å². The first-order chi connectivity index (χ1) is 12.1. The number of carboxylic acids is 1. The van der Waals surface area contributed by atoms with E-state index >= 15 is 0 Å². The molecule has 2 rings (SSSR count). The van der Waals surface area contributed by atoms with Crippen molar-refractivity contribution in [2.45, 2.75) is 39.8 Å². The molecule has 8 nitrogen and oxygen atoms in total. The SMILES string of the molecule is CC(C)C(NC(=O)C(C(C)C)n1c(=O)[nH]c2ccccc2c1=O)C(=O)O. The van der Waals surface area contributed by atoms with Gasteiger partial charge in [0.2, 0.25) is 5.91 Å². The molecule has 0 aliphatic rings. The molecular formula is C18H23N3O5. The van der Waals surface area contributed by atoms with Crippen molar-refractivity contribution in [3.8, 4) is 0 Å². The predicted octanol–water partition coefficient (Wildman–Crippen LogP) is 1.11. The molecule has 1 heterocycles. The Morgan fingerprint density at radius 3 is 2.23 bits per heavy atom. The smallest absolute Gasteiger partial charge is 0.329 e. The van der Waals surface area contributed by atoms with Gasteiger partial charge in [0.1, 0.15) is 12.1 Å². The Morgan fingerprint density at radius 2 is 1.69 bits per heavy atom. The van der Waals surface area contributed by atoms with Crippen LogP contribution in [0.3, 0.4) is 0 Å². The molecule has 0 fully saturated rings. The first kappa shape index (κ1) is 19.4. The predicted molar refractivity (Wildman–Crippen MR) is 97.1 cm³/mol. The zero-order valence-electron chi connectivity index (χ0n) is 15.1. The third-order valence-electron chi connectivity index (χ3n) is 4.25. The molecule has 26 heavy (non-hydrogen) atoms. The van der Waals surface area contributed by atoms with E-state index in [-0.39, 0.29) is 11.3 Å². The Kier molecular flexibility index (Phi) is 5.64. The highest BCUT2D eigenvalue weighted by molar-refractivity contribution is 5.86. The Bertz CT molecular complexity index is 942. The molecule has 0 aliphatic carbocycles. The van der Waals surface area contributed by atoms with Crippen molar-refractivity contribution in [1.82, 2.24) is 14.9 Å². The summed E-state index contributed by atoms with van der Waals surface area (Å²) in [6.07, 6.45) is 0. The molecule has 1 aromatic carbocycles. The number of carbonyl (C=O) groups is 2. The molecule has 2 atom stereocenters. The van der Waals surface area contributed by atoms with E-state index in [2.05, 4.69) is 10.3 Å². The number of carbonyl (C=O) groups excluding carboxylic acids is 1. The van der Waals surface area contributed by atoms with Gasteiger partial charge in [0, 0.05) is 0 Å². The van der Waals surface area contributed by atoms with Gasteiger partial charge in [-0.15, -0.1) is 0 Å². The molecule has 0 bridgehead atoms. The summed E-state index contributed by atoms with van der Waals surface area (Å²) in [4.78, 5) is 52.0. The molecule has 1 amide bonds. The van der Waals surface area contributed by atoms with Crippen LogP contribution in [0.2, 0.25) is 0 Å². The summed E-state index contributed by atoms with van der Waals surface area (Å²) >= 11 is 0. The maximum Gasteiger partial charge on any atom is 0.329 e. The molecule has 0 radical (unpaired) electrons. The lowest BCUT2D eigenvalue weighted by atomic mass is 10.00. The first-order valence-electron chi connectivity index (χ1n) is 8.41. The summed E-state index contributed by atoms with van der Waals surface area (Å²) in [5.74, 6) is -2.60. The number of para-hydroxylation sites is 1. The molecule has 0 saturated heterocycles. The van der Waals surface area contributed by atoms with Crippen molar-refractivity contribution in [1.29, 1.82) is 0 Å². The number of hydrogen-bond acceptors (Lipinski definition) is 4. The van der Waals surface area contributed by atoms with Gasteiger partial charge in [0.15, 0.2) is 0 Å². The monoisotopic (exact) mass is 361 g/mol. The number of rotatable bonds is 6. The number of nitrogens with zero attached hydrogens (tertiary/aromatic N) is 1. The van der Waals surface area contributed by atoms with Gasteiger partial charge >= 0.3 is 11.7 Å². The van der Waals surface area contributed by atoms with Gasteiger partial charge in [-0.3, -0.25) is 9.59 Å². The van der Waals surface area contributed by atoms with Gasteiger partial charge in [-0.05, 0) is 24.0 Å². The third-order valence-corrected chi connectivity index (χ3v) is 4.25. The summed E-state index contributed by atoms with van der Waals surface area (Å²) in [7, 11) is 0. The van der Waals surface area contributed by atoms with E-state index in [1.54, 1.807) is 52.0 Å². The number of amides is 1. The normalized spacial score (nSPS) is 13.8. The van der Waals surface area contributed by atoms with Crippen LogP contribution in [0.15, 0.2) is 33.9 Å². The topological polar surface area (TPSA) is 121 Å². The van der Waals surface area contributed by atoms with Gasteiger partial charge < -0.3 is 15.4 Å². The molecule has 3 N–H and O–H groups in total. The number of aromatic nitrogens is 2. The Morgan fingerprint density at radius 1 is 1.08 bits per heavy atom. The van der Waals surface area contributed by atoms with Crippen LogP contribution in [0.5, 0.6) is 0 Å². The van der Waals surface area contributed by atoms with Crippen LogP contribution in [0.4, 0.5) is 0 Å². The minimum atomic E-state index is -1.17. The minimum absolute atomic E-state index is 0.282. The molecule has 0 aliphatic heterocycles. The number of carboxylic acid groups (broad SMARTS) is 1. The van der Waals surface area contributed by atoms with E-state index in [4.69, 9.17) is 0 Å². The lowest BCUT2D eigenvalue weighted by Crippen LogP contribution is -2.51. The number of H-pyrrole nitrogens is 1. The van der Waals surface area contributed by atoms with Crippen molar-refractivity contribution < 1.29 is 14.7 Å². The molecular weight excluding hydrogens is 338 g/mol. The van der Waals surface area contributed by atoms with Crippen LogP contribution in [-0.2, 0) is 9.59 Å². The fraction of sp³-hybridized carbons (Fsp3) is 0.444. The fourth-order valence-electron chi connectivity index (χ4n) is 2.90. The highest BCUT2D eigenvalue weighted by Gasteiger charge is 2.32. The average molecular weight is 361 g/mol. The maximum atomic E-state index is 12.8. The largest absolute Gasteiger partial charge is 0.480 e. The molecule has 0 saturated carbocycles. The van der Waals surface area contributed by atoms with Crippen LogP contribution in [-0.4, -0.2) is 32.6 Å². The van der Waals surface area contributed by atoms with E-state index < -0.39 is 41.1 Å². The molecule has 0 spiro atoms. The maximum absolute atomic E-state index is 12.8. The van der Waals surface area contributed by atoms with Crippen molar-refractivity contribution in [3.05, 3.63) is 45.1 Å². The van der Waals surface area contributed by atoms with Crippen LogP contribution < -0.4 is 16.6 Å². The standard InChI is InChI=1S/C18H23N3O5/c1-9(2)13(17(24)25)20-15(22)14(10(3)4)21-16(23)11-7-5-6-8-12(11)19-18(21)26/h5-10,13-14H,1-4H3,(H,19,26)(H,20,22)(H,24,25). The van der Waals surface area contributed by atoms with Crippen LogP contribution in [0, 0.1) is 11.8 Å².